The van der Waals surface area contributed by atoms with Gasteiger partial charge in [0.1, 0.15) is 11.2 Å². The van der Waals surface area contributed by atoms with E-state index in [4.69, 9.17) is 14.4 Å². The number of para-hydroxylation sites is 2. The van der Waals surface area contributed by atoms with Gasteiger partial charge in [0.2, 0.25) is 0 Å². The van der Waals surface area contributed by atoms with Crippen molar-refractivity contribution in [2.45, 2.75) is 31.6 Å². The molecule has 350 valence electrons. The van der Waals surface area contributed by atoms with Crippen LogP contribution in [-0.2, 0) is 6.42 Å². The number of aryl methyl sites for hydroxylation is 1. The zero-order valence-corrected chi connectivity index (χ0v) is 41.3. The molecule has 0 spiro atoms. The SMILES string of the molecule is C1=C(/c2cccc3sc4ccccc4c23)N=C(c2ccc3c(c2)oc2c(-c4ccccc4)cccc23)N=C(c2cccc(-n3c4ccccc4c4cc5c(cc43)-c3ccccc3C(c3ccccc3)CC5)c2)CC/1. The summed E-state index contributed by atoms with van der Waals surface area (Å²) in [5, 5.41) is 7.19. The molecule has 1 aliphatic carbocycles. The summed E-state index contributed by atoms with van der Waals surface area (Å²) in [4.78, 5) is 11.3. The average Bonchev–Trinajstić information content (AvgIpc) is 4.12. The van der Waals surface area contributed by atoms with E-state index in [2.05, 4.69) is 235 Å². The van der Waals surface area contributed by atoms with Crippen LogP contribution < -0.4 is 0 Å². The Morgan fingerprint density at radius 2 is 1.20 bits per heavy atom. The summed E-state index contributed by atoms with van der Waals surface area (Å²) >= 11 is 1.83. The van der Waals surface area contributed by atoms with Gasteiger partial charge in [-0.15, -0.1) is 11.3 Å². The van der Waals surface area contributed by atoms with E-state index in [0.717, 1.165) is 92.5 Å². The molecule has 0 saturated heterocycles. The van der Waals surface area contributed by atoms with Crippen molar-refractivity contribution in [1.82, 2.24) is 4.57 Å². The fraction of sp³-hybridized carbons (Fsp3) is 0.0725. The quantitative estimate of drug-likeness (QED) is 0.164. The molecule has 0 saturated carbocycles. The standard InChI is InChI=1S/C69H47N3OS/c1-3-17-43(18-4-1)49-37-35-45-40-59-53-25-9-11-32-62(53)72(63(59)42-58(45)52-24-8-7-23-51(49)52)48-22-13-21-46(39-48)60-30-16-31-61(56-29-15-34-66-67(56)57-26-10-12-33-65(57)74-66)71-69(70-60)47-36-38-54-55-28-14-27-50(44-19-5-2-6-20-44)68(55)73-64(54)41-47/h1-15,17-29,31-34,36,38-42,49H,16,30,35,37H2/b61-31-,70-60?,71-69?. The summed E-state index contributed by atoms with van der Waals surface area (Å²) < 4.78 is 11.8. The predicted octanol–water partition coefficient (Wildman–Crippen LogP) is 18.5. The molecule has 0 radical (unpaired) electrons. The zero-order valence-electron chi connectivity index (χ0n) is 40.5. The van der Waals surface area contributed by atoms with E-state index in [-0.39, 0.29) is 0 Å². The second-order valence-electron chi connectivity index (χ2n) is 19.8. The molecule has 0 fully saturated rings. The van der Waals surface area contributed by atoms with Crippen LogP contribution in [0, 0.1) is 0 Å². The van der Waals surface area contributed by atoms with E-state index in [9.17, 15) is 0 Å². The minimum Gasteiger partial charge on any atom is -0.455 e. The highest BCUT2D eigenvalue weighted by Crippen LogP contribution is 2.45. The van der Waals surface area contributed by atoms with Gasteiger partial charge in [0.05, 0.1) is 22.4 Å². The fourth-order valence-electron chi connectivity index (χ4n) is 12.1. The molecule has 5 heteroatoms. The van der Waals surface area contributed by atoms with Gasteiger partial charge in [-0.1, -0.05) is 176 Å². The molecule has 0 bridgehead atoms. The molecule has 0 amide bonds. The summed E-state index contributed by atoms with van der Waals surface area (Å²) in [5.74, 6) is 0.988. The number of rotatable bonds is 6. The maximum absolute atomic E-state index is 6.84. The van der Waals surface area contributed by atoms with Crippen LogP contribution in [-0.4, -0.2) is 16.1 Å². The van der Waals surface area contributed by atoms with Gasteiger partial charge in [0.25, 0.3) is 0 Å². The third-order valence-corrected chi connectivity index (χ3v) is 16.7. The van der Waals surface area contributed by atoms with Crippen molar-refractivity contribution in [2.75, 3.05) is 0 Å². The number of fused-ring (bicyclic) bond motifs is 12. The van der Waals surface area contributed by atoms with Gasteiger partial charge >= 0.3 is 0 Å². The number of aromatic nitrogens is 1. The molecule has 2 aliphatic rings. The molecule has 0 N–H and O–H groups in total. The first-order valence-corrected chi connectivity index (χ1v) is 26.6. The Balaban J connectivity index is 0.892. The molecule has 4 heterocycles. The van der Waals surface area contributed by atoms with Gasteiger partial charge in [-0.3, -0.25) is 0 Å². The van der Waals surface area contributed by atoms with Gasteiger partial charge in [-0.25, -0.2) is 9.98 Å². The lowest BCUT2D eigenvalue weighted by atomic mass is 9.86. The van der Waals surface area contributed by atoms with Gasteiger partial charge < -0.3 is 8.98 Å². The molecule has 1 unspecified atom stereocenters. The number of thiophene rings is 1. The van der Waals surface area contributed by atoms with E-state index in [0.29, 0.717) is 11.8 Å². The predicted molar refractivity (Wildman–Crippen MR) is 312 cm³/mol. The van der Waals surface area contributed by atoms with Crippen molar-refractivity contribution in [3.05, 3.63) is 264 Å². The Morgan fingerprint density at radius 1 is 0.473 bits per heavy atom. The minimum atomic E-state index is 0.330. The summed E-state index contributed by atoms with van der Waals surface area (Å²) in [7, 11) is 0. The number of hydrogen-bond acceptors (Lipinski definition) is 4. The number of benzene rings is 10. The average molecular weight is 966 g/mol. The Kier molecular flexibility index (Phi) is 10.1. The first-order valence-electron chi connectivity index (χ1n) is 25.8. The van der Waals surface area contributed by atoms with E-state index >= 15 is 0 Å². The van der Waals surface area contributed by atoms with Gasteiger partial charge in [0, 0.05) is 70.0 Å². The van der Waals surface area contributed by atoms with Crippen LogP contribution >= 0.6 is 11.3 Å². The van der Waals surface area contributed by atoms with Gasteiger partial charge in [-0.2, -0.15) is 0 Å². The highest BCUT2D eigenvalue weighted by Gasteiger charge is 2.26. The topological polar surface area (TPSA) is 42.8 Å². The number of furan rings is 1. The van der Waals surface area contributed by atoms with Crippen LogP contribution in [0.15, 0.2) is 245 Å². The third-order valence-electron chi connectivity index (χ3n) is 15.6. The van der Waals surface area contributed by atoms with Crippen molar-refractivity contribution in [2.24, 2.45) is 9.98 Å². The van der Waals surface area contributed by atoms with Crippen LogP contribution in [0.3, 0.4) is 0 Å². The normalized spacial score (nSPS) is 15.6. The van der Waals surface area contributed by atoms with Crippen LogP contribution in [0.2, 0.25) is 0 Å². The fourth-order valence-corrected chi connectivity index (χ4v) is 13.3. The monoisotopic (exact) mass is 965 g/mol. The summed E-state index contributed by atoms with van der Waals surface area (Å²) in [6.45, 7) is 0. The maximum atomic E-state index is 6.84. The summed E-state index contributed by atoms with van der Waals surface area (Å²) in [6.07, 6.45) is 5.91. The van der Waals surface area contributed by atoms with Crippen molar-refractivity contribution in [1.29, 1.82) is 0 Å². The van der Waals surface area contributed by atoms with Crippen LogP contribution in [0.25, 0.3) is 97.6 Å². The molecule has 13 aromatic rings. The Morgan fingerprint density at radius 3 is 2.12 bits per heavy atom. The second-order valence-corrected chi connectivity index (χ2v) is 20.9. The van der Waals surface area contributed by atoms with Crippen molar-refractivity contribution in [3.8, 4) is 27.9 Å². The van der Waals surface area contributed by atoms with E-state index in [1.54, 1.807) is 0 Å². The smallest absolute Gasteiger partial charge is 0.160 e. The molecular weight excluding hydrogens is 919 g/mol. The molecular formula is C69H47N3OS. The lowest BCUT2D eigenvalue weighted by molar-refractivity contribution is 0.670. The van der Waals surface area contributed by atoms with Gasteiger partial charge in [0.15, 0.2) is 5.84 Å². The Hall–Kier alpha value is -8.90. The zero-order chi connectivity index (χ0) is 48.7. The summed E-state index contributed by atoms with van der Waals surface area (Å²) in [5.41, 5.74) is 19.2. The van der Waals surface area contributed by atoms with Crippen LogP contribution in [0.5, 0.6) is 0 Å². The van der Waals surface area contributed by atoms with Crippen molar-refractivity contribution < 1.29 is 4.42 Å². The summed E-state index contributed by atoms with van der Waals surface area (Å²) in [6, 6.07) is 81.7. The molecule has 10 aromatic carbocycles. The molecule has 1 aliphatic heterocycles. The number of hydrogen-bond donors (Lipinski definition) is 0. The number of aliphatic imine (C=N–C) groups is 2. The molecule has 74 heavy (non-hydrogen) atoms. The highest BCUT2D eigenvalue weighted by atomic mass is 32.1. The van der Waals surface area contributed by atoms with Crippen LogP contribution in [0.1, 0.15) is 58.6 Å². The molecule has 15 rings (SSSR count). The lowest BCUT2D eigenvalue weighted by Gasteiger charge is -2.18. The van der Waals surface area contributed by atoms with Crippen LogP contribution in [0.4, 0.5) is 0 Å². The second kappa shape index (κ2) is 17.4. The minimum absolute atomic E-state index is 0.330. The molecule has 4 nitrogen and oxygen atoms in total. The van der Waals surface area contributed by atoms with Gasteiger partial charge in [-0.05, 0) is 119 Å². The van der Waals surface area contributed by atoms with E-state index in [1.807, 2.05) is 11.3 Å². The number of nitrogens with zero attached hydrogens (tertiary/aromatic N) is 3. The maximum Gasteiger partial charge on any atom is 0.160 e. The Labute approximate surface area is 432 Å². The third kappa shape index (κ3) is 7.03. The van der Waals surface area contributed by atoms with Crippen molar-refractivity contribution >= 4 is 92.5 Å². The number of amidine groups is 1. The highest BCUT2D eigenvalue weighted by molar-refractivity contribution is 7.25. The lowest BCUT2D eigenvalue weighted by Crippen LogP contribution is -2.10. The van der Waals surface area contributed by atoms with E-state index in [1.165, 1.54) is 69.8 Å². The molecule has 1 atom stereocenters. The first kappa shape index (κ1) is 42.8. The van der Waals surface area contributed by atoms with Crippen molar-refractivity contribution in [3.63, 3.8) is 0 Å². The van der Waals surface area contributed by atoms with E-state index < -0.39 is 0 Å². The Bertz CT molecular complexity index is 4490. The first-order chi connectivity index (χ1) is 36.7. The number of allylic oxidation sites excluding steroid dienone is 1. The molecule has 3 aromatic heterocycles. The largest absolute Gasteiger partial charge is 0.455 e.